The quantitative estimate of drug-likeness (QED) is 0.352. The van der Waals surface area contributed by atoms with Crippen LogP contribution in [0.3, 0.4) is 0 Å². The van der Waals surface area contributed by atoms with E-state index in [2.05, 4.69) is 0 Å². The van der Waals surface area contributed by atoms with Crippen LogP contribution in [0.4, 0.5) is 5.69 Å². The topological polar surface area (TPSA) is 69.4 Å². The average Bonchev–Trinajstić information content (AvgIpc) is 2.28. The third-order valence-corrected chi connectivity index (χ3v) is 2.31. The second-order valence-electron chi connectivity index (χ2n) is 2.93. The van der Waals surface area contributed by atoms with Gasteiger partial charge < -0.3 is 4.74 Å². The third-order valence-electron chi connectivity index (χ3n) is 1.90. The lowest BCUT2D eigenvalue weighted by atomic mass is 10.1. The van der Waals surface area contributed by atoms with Crippen molar-refractivity contribution < 1.29 is 14.5 Å². The zero-order valence-corrected chi connectivity index (χ0v) is 9.31. The summed E-state index contributed by atoms with van der Waals surface area (Å²) in [6.07, 6.45) is 0. The van der Waals surface area contributed by atoms with Gasteiger partial charge in [0.05, 0.1) is 17.1 Å². The molecule has 6 heteroatoms. The second-order valence-corrected chi connectivity index (χ2v) is 3.37. The fourth-order valence-corrected chi connectivity index (χ4v) is 1.46. The summed E-state index contributed by atoms with van der Waals surface area (Å²) in [7, 11) is 0. The highest BCUT2D eigenvalue weighted by Gasteiger charge is 2.26. The predicted octanol–water partition coefficient (Wildman–Crippen LogP) is 2.44. The van der Waals surface area contributed by atoms with E-state index in [4.69, 9.17) is 16.3 Å². The van der Waals surface area contributed by atoms with E-state index in [0.29, 0.717) is 0 Å². The fourth-order valence-electron chi connectivity index (χ4n) is 1.21. The second kappa shape index (κ2) is 5.46. The Morgan fingerprint density at radius 2 is 2.19 bits per heavy atom. The van der Waals surface area contributed by atoms with Gasteiger partial charge in [-0.2, -0.15) is 0 Å². The molecule has 0 heterocycles. The maximum Gasteiger partial charge on any atom is 0.328 e. The summed E-state index contributed by atoms with van der Waals surface area (Å²) in [4.78, 5) is 21.5. The van der Waals surface area contributed by atoms with E-state index in [1.165, 1.54) is 18.2 Å². The van der Waals surface area contributed by atoms with Crippen molar-refractivity contribution in [3.8, 4) is 0 Å². The van der Waals surface area contributed by atoms with E-state index in [1.807, 2.05) is 0 Å². The van der Waals surface area contributed by atoms with E-state index in [-0.39, 0.29) is 17.9 Å². The van der Waals surface area contributed by atoms with Crippen LogP contribution in [-0.2, 0) is 9.53 Å². The van der Waals surface area contributed by atoms with Gasteiger partial charge in [0.1, 0.15) is 0 Å². The molecule has 0 spiro atoms. The number of nitrogens with zero attached hydrogens (tertiary/aromatic N) is 1. The van der Waals surface area contributed by atoms with Crippen molar-refractivity contribution in [2.45, 2.75) is 12.3 Å². The largest absolute Gasteiger partial charge is 0.465 e. The summed E-state index contributed by atoms with van der Waals surface area (Å²) < 4.78 is 4.70. The number of benzene rings is 1. The standard InChI is InChI=1S/C10H10ClNO4/c1-2-16-10(13)9(11)7-5-3-4-6-8(7)12(14)15/h3-6,9H,2H2,1H3. The highest BCUT2D eigenvalue weighted by atomic mass is 35.5. The predicted molar refractivity (Wildman–Crippen MR) is 58.3 cm³/mol. The molecule has 0 aromatic heterocycles. The number of ether oxygens (including phenoxy) is 1. The molecular weight excluding hydrogens is 234 g/mol. The van der Waals surface area contributed by atoms with E-state index in [0.717, 1.165) is 0 Å². The van der Waals surface area contributed by atoms with Crippen molar-refractivity contribution in [2.75, 3.05) is 6.61 Å². The van der Waals surface area contributed by atoms with Gasteiger partial charge in [0, 0.05) is 6.07 Å². The maximum atomic E-state index is 11.3. The van der Waals surface area contributed by atoms with Crippen LogP contribution < -0.4 is 0 Å². The normalized spacial score (nSPS) is 11.9. The molecule has 1 atom stereocenters. The number of hydrogen-bond donors (Lipinski definition) is 0. The van der Waals surface area contributed by atoms with Gasteiger partial charge in [-0.05, 0) is 6.92 Å². The molecule has 0 fully saturated rings. The van der Waals surface area contributed by atoms with Crippen molar-refractivity contribution in [3.05, 3.63) is 39.9 Å². The summed E-state index contributed by atoms with van der Waals surface area (Å²) in [6, 6.07) is 5.82. The van der Waals surface area contributed by atoms with Crippen LogP contribution in [0.15, 0.2) is 24.3 Å². The molecule has 0 saturated heterocycles. The van der Waals surface area contributed by atoms with Crippen molar-refractivity contribution in [2.24, 2.45) is 0 Å². The number of para-hydroxylation sites is 1. The Morgan fingerprint density at radius 1 is 1.56 bits per heavy atom. The number of nitro groups is 1. The van der Waals surface area contributed by atoms with Crippen LogP contribution in [0.5, 0.6) is 0 Å². The Bertz CT molecular complexity index is 408. The summed E-state index contributed by atoms with van der Waals surface area (Å²) in [5, 5.41) is 9.55. The molecule has 0 aliphatic heterocycles. The van der Waals surface area contributed by atoms with Gasteiger partial charge in [0.15, 0.2) is 5.38 Å². The number of rotatable bonds is 4. The number of alkyl halides is 1. The highest BCUT2D eigenvalue weighted by molar-refractivity contribution is 6.30. The Morgan fingerprint density at radius 3 is 2.75 bits per heavy atom. The zero-order valence-electron chi connectivity index (χ0n) is 8.55. The molecule has 1 unspecified atom stereocenters. The molecule has 0 amide bonds. The molecule has 0 bridgehead atoms. The lowest BCUT2D eigenvalue weighted by molar-refractivity contribution is -0.385. The van der Waals surface area contributed by atoms with Crippen LogP contribution in [0.2, 0.25) is 0 Å². The lowest BCUT2D eigenvalue weighted by Crippen LogP contribution is -2.12. The number of carbonyl (C=O) groups is 1. The van der Waals surface area contributed by atoms with Gasteiger partial charge in [-0.25, -0.2) is 0 Å². The number of nitro benzene ring substituents is 1. The molecule has 0 aliphatic rings. The average molecular weight is 244 g/mol. The summed E-state index contributed by atoms with van der Waals surface area (Å²) >= 11 is 5.81. The Kier molecular flexibility index (Phi) is 4.25. The van der Waals surface area contributed by atoms with Gasteiger partial charge in [-0.15, -0.1) is 11.6 Å². The zero-order chi connectivity index (χ0) is 12.1. The molecule has 0 N–H and O–H groups in total. The summed E-state index contributed by atoms with van der Waals surface area (Å²) in [6.45, 7) is 1.82. The number of carbonyl (C=O) groups excluding carboxylic acids is 1. The van der Waals surface area contributed by atoms with Gasteiger partial charge in [0.25, 0.3) is 5.69 Å². The molecule has 1 rings (SSSR count). The SMILES string of the molecule is CCOC(=O)C(Cl)c1ccccc1[N+](=O)[O-]. The van der Waals surface area contributed by atoms with Crippen LogP contribution >= 0.6 is 11.6 Å². The maximum absolute atomic E-state index is 11.3. The van der Waals surface area contributed by atoms with Gasteiger partial charge in [-0.3, -0.25) is 14.9 Å². The van der Waals surface area contributed by atoms with E-state index in [1.54, 1.807) is 13.0 Å². The molecule has 0 saturated carbocycles. The third kappa shape index (κ3) is 2.70. The first-order valence-electron chi connectivity index (χ1n) is 4.62. The van der Waals surface area contributed by atoms with Gasteiger partial charge >= 0.3 is 5.97 Å². The summed E-state index contributed by atoms with van der Waals surface area (Å²) in [5.74, 6) is -0.682. The molecule has 16 heavy (non-hydrogen) atoms. The van der Waals surface area contributed by atoms with Crippen molar-refractivity contribution in [1.82, 2.24) is 0 Å². The van der Waals surface area contributed by atoms with Crippen molar-refractivity contribution in [3.63, 3.8) is 0 Å². The first-order valence-corrected chi connectivity index (χ1v) is 5.05. The molecule has 0 aliphatic carbocycles. The first-order chi connectivity index (χ1) is 7.57. The van der Waals surface area contributed by atoms with Crippen LogP contribution in [0.25, 0.3) is 0 Å². The van der Waals surface area contributed by atoms with E-state index < -0.39 is 16.3 Å². The monoisotopic (exact) mass is 243 g/mol. The smallest absolute Gasteiger partial charge is 0.328 e. The van der Waals surface area contributed by atoms with E-state index in [9.17, 15) is 14.9 Å². The molecule has 5 nitrogen and oxygen atoms in total. The molecule has 1 aromatic carbocycles. The summed E-state index contributed by atoms with van der Waals surface area (Å²) in [5.41, 5.74) is -0.0387. The molecule has 86 valence electrons. The lowest BCUT2D eigenvalue weighted by Gasteiger charge is -2.08. The highest BCUT2D eigenvalue weighted by Crippen LogP contribution is 2.30. The van der Waals surface area contributed by atoms with Crippen molar-refractivity contribution in [1.29, 1.82) is 0 Å². The minimum atomic E-state index is -1.15. The Hall–Kier alpha value is -1.62. The number of halogens is 1. The van der Waals surface area contributed by atoms with Gasteiger partial charge in [0.2, 0.25) is 0 Å². The van der Waals surface area contributed by atoms with Crippen LogP contribution in [0.1, 0.15) is 17.9 Å². The Balaban J connectivity index is 3.03. The first kappa shape index (κ1) is 12.4. The van der Waals surface area contributed by atoms with Crippen molar-refractivity contribution >= 4 is 23.3 Å². The minimum Gasteiger partial charge on any atom is -0.465 e. The van der Waals surface area contributed by atoms with Crippen LogP contribution in [0, 0.1) is 10.1 Å². The van der Waals surface area contributed by atoms with E-state index >= 15 is 0 Å². The fraction of sp³-hybridized carbons (Fsp3) is 0.300. The minimum absolute atomic E-state index is 0.146. The van der Waals surface area contributed by atoms with Gasteiger partial charge in [-0.1, -0.05) is 18.2 Å². The number of hydrogen-bond acceptors (Lipinski definition) is 4. The number of esters is 1. The van der Waals surface area contributed by atoms with Crippen LogP contribution in [-0.4, -0.2) is 17.5 Å². The molecule has 0 radical (unpaired) electrons. The Labute approximate surface area is 97.1 Å². The molecular formula is C10H10ClNO4. The molecule has 1 aromatic rings.